The zero-order valence-corrected chi connectivity index (χ0v) is 15.7. The van der Waals surface area contributed by atoms with Crippen molar-refractivity contribution in [2.24, 2.45) is 5.92 Å². The van der Waals surface area contributed by atoms with Gasteiger partial charge in [-0.05, 0) is 48.6 Å². The first-order valence-corrected chi connectivity index (χ1v) is 9.16. The molecule has 1 fully saturated rings. The number of nitrogens with one attached hydrogen (secondary N) is 1. The Morgan fingerprint density at radius 1 is 1.15 bits per heavy atom. The first kappa shape index (κ1) is 18.2. The molecule has 0 unspecified atom stereocenters. The summed E-state index contributed by atoms with van der Waals surface area (Å²) in [6.07, 6.45) is 0.276. The van der Waals surface area contributed by atoms with Crippen molar-refractivity contribution in [2.75, 3.05) is 18.0 Å². The summed E-state index contributed by atoms with van der Waals surface area (Å²) in [7, 11) is 0. The Kier molecular flexibility index (Phi) is 5.40. The van der Waals surface area contributed by atoms with E-state index in [4.69, 9.17) is 0 Å². The molecule has 136 valence electrons. The van der Waals surface area contributed by atoms with E-state index in [9.17, 15) is 9.59 Å². The summed E-state index contributed by atoms with van der Waals surface area (Å²) in [5.41, 5.74) is 4.43. The first-order valence-electron chi connectivity index (χ1n) is 9.16. The first-order chi connectivity index (χ1) is 12.5. The predicted octanol–water partition coefficient (Wildman–Crippen LogP) is 3.58. The molecule has 0 aromatic heterocycles. The van der Waals surface area contributed by atoms with E-state index in [0.29, 0.717) is 13.1 Å². The second kappa shape index (κ2) is 7.73. The molecule has 1 N–H and O–H groups in total. The Balaban J connectivity index is 1.59. The SMILES string of the molecule is Cc1ccc(N2C[C@@H](C(=O)NC[C@H](C)c3ccccc3)CC2=O)cc1C. The minimum atomic E-state index is -0.285. The van der Waals surface area contributed by atoms with Crippen LogP contribution in [0.5, 0.6) is 0 Å². The summed E-state index contributed by atoms with van der Waals surface area (Å²) >= 11 is 0. The largest absolute Gasteiger partial charge is 0.355 e. The average Bonchev–Trinajstić information content (AvgIpc) is 3.04. The van der Waals surface area contributed by atoms with Gasteiger partial charge in [0.2, 0.25) is 11.8 Å². The summed E-state index contributed by atoms with van der Waals surface area (Å²) in [4.78, 5) is 26.7. The fourth-order valence-corrected chi connectivity index (χ4v) is 3.32. The second-order valence-corrected chi connectivity index (χ2v) is 7.23. The van der Waals surface area contributed by atoms with Crippen molar-refractivity contribution in [1.82, 2.24) is 5.32 Å². The average molecular weight is 350 g/mol. The Hall–Kier alpha value is -2.62. The maximum absolute atomic E-state index is 12.5. The van der Waals surface area contributed by atoms with Gasteiger partial charge in [0.25, 0.3) is 0 Å². The normalized spacial score (nSPS) is 18.0. The summed E-state index contributed by atoms with van der Waals surface area (Å²) in [5.74, 6) is -0.0582. The van der Waals surface area contributed by atoms with E-state index in [1.165, 1.54) is 11.1 Å². The lowest BCUT2D eigenvalue weighted by Crippen LogP contribution is -2.35. The van der Waals surface area contributed by atoms with Crippen molar-refractivity contribution in [1.29, 1.82) is 0 Å². The Labute approximate surface area is 155 Å². The van der Waals surface area contributed by atoms with Gasteiger partial charge in [-0.25, -0.2) is 0 Å². The number of amides is 2. The smallest absolute Gasteiger partial charge is 0.227 e. The van der Waals surface area contributed by atoms with Crippen LogP contribution >= 0.6 is 0 Å². The second-order valence-electron chi connectivity index (χ2n) is 7.23. The molecule has 0 aliphatic carbocycles. The van der Waals surface area contributed by atoms with Gasteiger partial charge >= 0.3 is 0 Å². The van der Waals surface area contributed by atoms with E-state index in [1.807, 2.05) is 43.3 Å². The van der Waals surface area contributed by atoms with Gasteiger partial charge in [-0.2, -0.15) is 0 Å². The molecule has 0 radical (unpaired) electrons. The molecule has 2 atom stereocenters. The van der Waals surface area contributed by atoms with Gasteiger partial charge in [0, 0.05) is 25.2 Å². The maximum atomic E-state index is 12.5. The number of carbonyl (C=O) groups excluding carboxylic acids is 2. The Morgan fingerprint density at radius 3 is 2.58 bits per heavy atom. The summed E-state index contributed by atoms with van der Waals surface area (Å²) in [6, 6.07) is 16.1. The quantitative estimate of drug-likeness (QED) is 0.896. The van der Waals surface area contributed by atoms with E-state index in [2.05, 4.69) is 31.3 Å². The molecule has 2 amide bonds. The van der Waals surface area contributed by atoms with Crippen LogP contribution in [0.15, 0.2) is 48.5 Å². The van der Waals surface area contributed by atoms with Crippen LogP contribution in [0.3, 0.4) is 0 Å². The molecule has 0 spiro atoms. The highest BCUT2D eigenvalue weighted by Gasteiger charge is 2.35. The number of nitrogens with zero attached hydrogens (tertiary/aromatic N) is 1. The standard InChI is InChI=1S/C22H26N2O2/c1-15-9-10-20(11-16(15)2)24-14-19(12-21(24)25)22(26)23-13-17(3)18-7-5-4-6-8-18/h4-11,17,19H,12-14H2,1-3H3,(H,23,26)/t17-,19-/m0/s1. The maximum Gasteiger partial charge on any atom is 0.227 e. The molecule has 3 rings (SSSR count). The van der Waals surface area contributed by atoms with Crippen LogP contribution in [-0.4, -0.2) is 24.9 Å². The van der Waals surface area contributed by atoms with Gasteiger partial charge in [0.15, 0.2) is 0 Å². The van der Waals surface area contributed by atoms with E-state index in [1.54, 1.807) is 4.90 Å². The fraction of sp³-hybridized carbons (Fsp3) is 0.364. The number of benzene rings is 2. The molecule has 1 saturated heterocycles. The van der Waals surface area contributed by atoms with Crippen molar-refractivity contribution < 1.29 is 9.59 Å². The summed E-state index contributed by atoms with van der Waals surface area (Å²) in [6.45, 7) is 7.21. The lowest BCUT2D eigenvalue weighted by Gasteiger charge is -2.18. The molecule has 2 aromatic rings. The zero-order chi connectivity index (χ0) is 18.7. The molecule has 26 heavy (non-hydrogen) atoms. The van der Waals surface area contributed by atoms with Crippen LogP contribution in [0.1, 0.15) is 36.0 Å². The molecule has 0 saturated carbocycles. The monoisotopic (exact) mass is 350 g/mol. The molecule has 1 heterocycles. The van der Waals surface area contributed by atoms with Crippen LogP contribution in [0, 0.1) is 19.8 Å². The lowest BCUT2D eigenvalue weighted by atomic mass is 10.0. The third-order valence-corrected chi connectivity index (χ3v) is 5.25. The number of rotatable bonds is 5. The highest BCUT2D eigenvalue weighted by atomic mass is 16.2. The van der Waals surface area contributed by atoms with E-state index in [0.717, 1.165) is 11.3 Å². The summed E-state index contributed by atoms with van der Waals surface area (Å²) < 4.78 is 0. The van der Waals surface area contributed by atoms with Crippen molar-refractivity contribution in [3.63, 3.8) is 0 Å². The van der Waals surface area contributed by atoms with Crippen LogP contribution < -0.4 is 10.2 Å². The van der Waals surface area contributed by atoms with Gasteiger partial charge in [0.05, 0.1) is 5.92 Å². The predicted molar refractivity (Wildman–Crippen MR) is 104 cm³/mol. The zero-order valence-electron chi connectivity index (χ0n) is 15.7. The number of aryl methyl sites for hydroxylation is 2. The molecule has 1 aliphatic heterocycles. The van der Waals surface area contributed by atoms with Crippen LogP contribution in [0.25, 0.3) is 0 Å². The molecule has 4 nitrogen and oxygen atoms in total. The fourth-order valence-electron chi connectivity index (χ4n) is 3.32. The lowest BCUT2D eigenvalue weighted by molar-refractivity contribution is -0.126. The van der Waals surface area contributed by atoms with Gasteiger partial charge in [-0.15, -0.1) is 0 Å². The molecular formula is C22H26N2O2. The Morgan fingerprint density at radius 2 is 1.88 bits per heavy atom. The van der Waals surface area contributed by atoms with Gasteiger partial charge in [-0.1, -0.05) is 43.3 Å². The van der Waals surface area contributed by atoms with Crippen molar-refractivity contribution in [2.45, 2.75) is 33.1 Å². The van der Waals surface area contributed by atoms with Gasteiger partial charge in [-0.3, -0.25) is 9.59 Å². The molecule has 0 bridgehead atoms. The molecule has 1 aliphatic rings. The highest BCUT2D eigenvalue weighted by molar-refractivity contribution is 6.00. The topological polar surface area (TPSA) is 49.4 Å². The van der Waals surface area contributed by atoms with Gasteiger partial charge in [0.1, 0.15) is 0 Å². The third-order valence-electron chi connectivity index (χ3n) is 5.25. The van der Waals surface area contributed by atoms with Crippen molar-refractivity contribution >= 4 is 17.5 Å². The van der Waals surface area contributed by atoms with E-state index in [-0.39, 0.29) is 30.1 Å². The molecular weight excluding hydrogens is 324 g/mol. The van der Waals surface area contributed by atoms with Crippen molar-refractivity contribution in [3.8, 4) is 0 Å². The van der Waals surface area contributed by atoms with Crippen LogP contribution in [0.2, 0.25) is 0 Å². The number of hydrogen-bond acceptors (Lipinski definition) is 2. The van der Waals surface area contributed by atoms with Crippen LogP contribution in [0.4, 0.5) is 5.69 Å². The third kappa shape index (κ3) is 3.96. The van der Waals surface area contributed by atoms with Crippen LogP contribution in [-0.2, 0) is 9.59 Å². The number of anilines is 1. The summed E-state index contributed by atoms with van der Waals surface area (Å²) in [5, 5.41) is 3.02. The minimum Gasteiger partial charge on any atom is -0.355 e. The van der Waals surface area contributed by atoms with Crippen molar-refractivity contribution in [3.05, 3.63) is 65.2 Å². The van der Waals surface area contributed by atoms with E-state index >= 15 is 0 Å². The van der Waals surface area contributed by atoms with Gasteiger partial charge < -0.3 is 10.2 Å². The molecule has 4 heteroatoms. The minimum absolute atomic E-state index is 0.0181. The number of carbonyl (C=O) groups is 2. The molecule has 2 aromatic carbocycles. The van der Waals surface area contributed by atoms with E-state index < -0.39 is 0 Å². The number of hydrogen-bond donors (Lipinski definition) is 1. The highest BCUT2D eigenvalue weighted by Crippen LogP contribution is 2.27. The Bertz CT molecular complexity index is 801.